The fourth-order valence-corrected chi connectivity index (χ4v) is 3.90. The topological polar surface area (TPSA) is 66.8 Å². The van der Waals surface area contributed by atoms with Crippen molar-refractivity contribution in [2.24, 2.45) is 0 Å². The Bertz CT molecular complexity index is 561. The van der Waals surface area contributed by atoms with Crippen molar-refractivity contribution >= 4 is 10.0 Å². The number of hydrogen-bond acceptors (Lipinski definition) is 4. The molecule has 0 amide bonds. The summed E-state index contributed by atoms with van der Waals surface area (Å²) in [5.41, 5.74) is 0.476. The highest BCUT2D eigenvalue weighted by molar-refractivity contribution is 7.89. The number of halogens is 1. The fourth-order valence-electron chi connectivity index (χ4n) is 2.08. The van der Waals surface area contributed by atoms with E-state index in [1.54, 1.807) is 6.92 Å². The third kappa shape index (κ3) is 2.79. The zero-order valence-corrected chi connectivity index (χ0v) is 11.4. The molecule has 1 atom stereocenters. The van der Waals surface area contributed by atoms with Crippen molar-refractivity contribution in [3.63, 3.8) is 0 Å². The second-order valence-corrected chi connectivity index (χ2v) is 6.30. The van der Waals surface area contributed by atoms with Gasteiger partial charge in [0, 0.05) is 6.54 Å². The largest absolute Gasteiger partial charge is 0.395 e. The van der Waals surface area contributed by atoms with E-state index in [2.05, 4.69) is 0 Å². The average Bonchev–Trinajstić information content (AvgIpc) is 2.41. The van der Waals surface area contributed by atoms with Crippen molar-refractivity contribution in [1.29, 1.82) is 0 Å². The van der Waals surface area contributed by atoms with Crippen molar-refractivity contribution in [3.8, 4) is 0 Å². The van der Waals surface area contributed by atoms with Crippen molar-refractivity contribution in [2.45, 2.75) is 17.9 Å². The van der Waals surface area contributed by atoms with Gasteiger partial charge in [-0.15, -0.1) is 0 Å². The molecule has 7 heteroatoms. The molecular formula is C12H16FNO4S. The summed E-state index contributed by atoms with van der Waals surface area (Å²) in [5.74, 6) is -0.599. The lowest BCUT2D eigenvalue weighted by molar-refractivity contribution is 0.0109. The normalized spacial score (nSPS) is 21.5. The first-order valence-electron chi connectivity index (χ1n) is 5.93. The summed E-state index contributed by atoms with van der Waals surface area (Å²) in [6.07, 6.45) is 0. The molecule has 0 spiro atoms. The van der Waals surface area contributed by atoms with Gasteiger partial charge in [0.15, 0.2) is 0 Å². The van der Waals surface area contributed by atoms with E-state index in [-0.39, 0.29) is 31.3 Å². The van der Waals surface area contributed by atoms with Crippen LogP contribution < -0.4 is 0 Å². The lowest BCUT2D eigenvalue weighted by atomic mass is 10.2. The molecule has 0 radical (unpaired) electrons. The first-order chi connectivity index (χ1) is 8.96. The number of aryl methyl sites for hydroxylation is 1. The lowest BCUT2D eigenvalue weighted by Crippen LogP contribution is -2.50. The molecule has 19 heavy (non-hydrogen) atoms. The molecule has 2 rings (SSSR count). The molecule has 1 aliphatic heterocycles. The van der Waals surface area contributed by atoms with Crippen molar-refractivity contribution in [2.75, 3.05) is 26.4 Å². The SMILES string of the molecule is Cc1ccc(F)cc1S(=O)(=O)N1CCOCC1CO. The summed E-state index contributed by atoms with van der Waals surface area (Å²) >= 11 is 0. The van der Waals surface area contributed by atoms with Gasteiger partial charge in [-0.1, -0.05) is 6.07 Å². The molecule has 0 bridgehead atoms. The number of benzene rings is 1. The number of sulfonamides is 1. The highest BCUT2D eigenvalue weighted by Crippen LogP contribution is 2.24. The van der Waals surface area contributed by atoms with Gasteiger partial charge in [-0.3, -0.25) is 0 Å². The Labute approximate surface area is 111 Å². The molecule has 1 fully saturated rings. The Morgan fingerprint density at radius 3 is 2.95 bits per heavy atom. The van der Waals surface area contributed by atoms with E-state index in [1.165, 1.54) is 16.4 Å². The zero-order chi connectivity index (χ0) is 14.0. The minimum Gasteiger partial charge on any atom is -0.395 e. The van der Waals surface area contributed by atoms with Crippen LogP contribution in [0.2, 0.25) is 0 Å². The van der Waals surface area contributed by atoms with Crippen LogP contribution in [0, 0.1) is 12.7 Å². The Balaban J connectivity index is 2.43. The van der Waals surface area contributed by atoms with Crippen molar-refractivity contribution < 1.29 is 22.7 Å². The van der Waals surface area contributed by atoms with E-state index in [1.807, 2.05) is 0 Å². The molecule has 1 saturated heterocycles. The summed E-state index contributed by atoms with van der Waals surface area (Å²) in [6, 6.07) is 3.03. The number of morpholine rings is 1. The molecular weight excluding hydrogens is 273 g/mol. The van der Waals surface area contributed by atoms with Gasteiger partial charge in [-0.25, -0.2) is 12.8 Å². The van der Waals surface area contributed by atoms with Crippen LogP contribution in [0.3, 0.4) is 0 Å². The lowest BCUT2D eigenvalue weighted by Gasteiger charge is -2.33. The molecule has 0 aliphatic carbocycles. The van der Waals surface area contributed by atoms with Gasteiger partial charge in [0.2, 0.25) is 10.0 Å². The van der Waals surface area contributed by atoms with Crippen LogP contribution in [0.15, 0.2) is 23.1 Å². The molecule has 106 valence electrons. The maximum absolute atomic E-state index is 13.3. The van der Waals surface area contributed by atoms with Gasteiger partial charge in [-0.05, 0) is 24.6 Å². The van der Waals surface area contributed by atoms with Gasteiger partial charge in [0.1, 0.15) is 5.82 Å². The predicted octanol–water partition coefficient (Wildman–Crippen LogP) is 0.516. The van der Waals surface area contributed by atoms with Gasteiger partial charge >= 0.3 is 0 Å². The van der Waals surface area contributed by atoms with Crippen LogP contribution in [0.5, 0.6) is 0 Å². The van der Waals surface area contributed by atoms with Crippen molar-refractivity contribution in [1.82, 2.24) is 4.31 Å². The summed E-state index contributed by atoms with van der Waals surface area (Å²) in [6.45, 7) is 1.85. The number of aliphatic hydroxyl groups excluding tert-OH is 1. The first-order valence-corrected chi connectivity index (χ1v) is 7.37. The first kappa shape index (κ1) is 14.4. The third-order valence-electron chi connectivity index (χ3n) is 3.12. The Kier molecular flexibility index (Phi) is 4.19. The van der Waals surface area contributed by atoms with Gasteiger partial charge in [0.25, 0.3) is 0 Å². The zero-order valence-electron chi connectivity index (χ0n) is 10.5. The molecule has 0 saturated carbocycles. The molecule has 1 aliphatic rings. The summed E-state index contributed by atoms with van der Waals surface area (Å²) in [7, 11) is -3.82. The van der Waals surface area contributed by atoms with E-state index in [0.717, 1.165) is 6.07 Å². The van der Waals surface area contributed by atoms with Crippen LogP contribution in [0.1, 0.15) is 5.56 Å². The molecule has 1 heterocycles. The predicted molar refractivity (Wildman–Crippen MR) is 66.7 cm³/mol. The highest BCUT2D eigenvalue weighted by atomic mass is 32.2. The molecule has 1 unspecified atom stereocenters. The van der Waals surface area contributed by atoms with Gasteiger partial charge in [-0.2, -0.15) is 4.31 Å². The fraction of sp³-hybridized carbons (Fsp3) is 0.500. The monoisotopic (exact) mass is 289 g/mol. The van der Waals surface area contributed by atoms with Crippen LogP contribution in [0.4, 0.5) is 4.39 Å². The van der Waals surface area contributed by atoms with E-state index in [0.29, 0.717) is 5.56 Å². The standard InChI is InChI=1S/C12H16FNO4S/c1-9-2-3-10(13)6-12(9)19(16,17)14-4-5-18-8-11(14)7-15/h2-3,6,11,15H,4-5,7-8H2,1H3. The molecule has 1 N–H and O–H groups in total. The molecule has 0 aromatic heterocycles. The minimum atomic E-state index is -3.82. The van der Waals surface area contributed by atoms with E-state index < -0.39 is 21.9 Å². The van der Waals surface area contributed by atoms with E-state index in [4.69, 9.17) is 4.74 Å². The van der Waals surface area contributed by atoms with Crippen LogP contribution in [0.25, 0.3) is 0 Å². The Morgan fingerprint density at radius 2 is 2.26 bits per heavy atom. The third-order valence-corrected chi connectivity index (χ3v) is 5.21. The minimum absolute atomic E-state index is 0.0622. The van der Waals surface area contributed by atoms with Gasteiger partial charge in [0.05, 0.1) is 30.8 Å². The smallest absolute Gasteiger partial charge is 0.243 e. The summed E-state index contributed by atoms with van der Waals surface area (Å²) < 4.78 is 44.6. The number of nitrogens with zero attached hydrogens (tertiary/aromatic N) is 1. The quantitative estimate of drug-likeness (QED) is 0.881. The molecule has 5 nitrogen and oxygen atoms in total. The molecule has 1 aromatic carbocycles. The Morgan fingerprint density at radius 1 is 1.53 bits per heavy atom. The number of aliphatic hydroxyl groups is 1. The highest BCUT2D eigenvalue weighted by Gasteiger charge is 2.34. The van der Waals surface area contributed by atoms with Crippen LogP contribution >= 0.6 is 0 Å². The van der Waals surface area contributed by atoms with Gasteiger partial charge < -0.3 is 9.84 Å². The second-order valence-electron chi connectivity index (χ2n) is 4.44. The number of ether oxygens (including phenoxy) is 1. The number of hydrogen-bond donors (Lipinski definition) is 1. The van der Waals surface area contributed by atoms with E-state index >= 15 is 0 Å². The maximum Gasteiger partial charge on any atom is 0.243 e. The number of rotatable bonds is 3. The maximum atomic E-state index is 13.3. The van der Waals surface area contributed by atoms with Crippen LogP contribution in [-0.2, 0) is 14.8 Å². The summed E-state index contributed by atoms with van der Waals surface area (Å²) in [4.78, 5) is -0.0622. The average molecular weight is 289 g/mol. The Hall–Kier alpha value is -1.02. The van der Waals surface area contributed by atoms with E-state index in [9.17, 15) is 17.9 Å². The molecule has 1 aromatic rings. The summed E-state index contributed by atoms with van der Waals surface area (Å²) in [5, 5.41) is 9.24. The second kappa shape index (κ2) is 5.54. The van der Waals surface area contributed by atoms with Crippen molar-refractivity contribution in [3.05, 3.63) is 29.6 Å². The van der Waals surface area contributed by atoms with Crippen LogP contribution in [-0.4, -0.2) is 50.2 Å².